The van der Waals surface area contributed by atoms with Crippen molar-refractivity contribution in [1.82, 2.24) is 4.90 Å². The van der Waals surface area contributed by atoms with Crippen LogP contribution in [0.2, 0.25) is 0 Å². The van der Waals surface area contributed by atoms with Crippen molar-refractivity contribution in [2.75, 3.05) is 0 Å². The van der Waals surface area contributed by atoms with Gasteiger partial charge in [-0.05, 0) is 40.0 Å². The van der Waals surface area contributed by atoms with Gasteiger partial charge in [0.25, 0.3) is 0 Å². The number of alkyl halides is 1. The van der Waals surface area contributed by atoms with Gasteiger partial charge >= 0.3 is 0 Å². The zero-order chi connectivity index (χ0) is 10.0. The van der Waals surface area contributed by atoms with Crippen LogP contribution in [0, 0.1) is 0 Å². The van der Waals surface area contributed by atoms with E-state index in [9.17, 15) is 4.79 Å². The fourth-order valence-corrected chi connectivity index (χ4v) is 2.17. The third-order valence-electron chi connectivity index (χ3n) is 2.79. The highest BCUT2D eigenvalue weighted by molar-refractivity contribution is 6.30. The van der Waals surface area contributed by atoms with E-state index in [-0.39, 0.29) is 11.3 Å². The van der Waals surface area contributed by atoms with Gasteiger partial charge in [-0.1, -0.05) is 0 Å². The maximum Gasteiger partial charge on any atom is 0.240 e. The number of carbonyl (C=O) groups is 1. The first-order valence-corrected chi connectivity index (χ1v) is 5.44. The summed E-state index contributed by atoms with van der Waals surface area (Å²) in [6, 6.07) is 0.717. The highest BCUT2D eigenvalue weighted by atomic mass is 35.5. The molecule has 13 heavy (non-hydrogen) atoms. The highest BCUT2D eigenvalue weighted by Gasteiger charge is 2.30. The van der Waals surface area contributed by atoms with Crippen LogP contribution in [0.4, 0.5) is 0 Å². The number of carbonyl (C=O) groups excluding carboxylic acids is 1. The summed E-state index contributed by atoms with van der Waals surface area (Å²) in [5.74, 6) is 0.0846. The van der Waals surface area contributed by atoms with Crippen molar-refractivity contribution >= 4 is 17.5 Å². The summed E-state index contributed by atoms with van der Waals surface area (Å²) in [7, 11) is 0. The molecule has 3 unspecified atom stereocenters. The van der Waals surface area contributed by atoms with Crippen LogP contribution in [-0.4, -0.2) is 28.3 Å². The molecule has 0 spiro atoms. The Morgan fingerprint density at radius 3 is 2.23 bits per heavy atom. The third-order valence-corrected chi connectivity index (χ3v) is 2.97. The summed E-state index contributed by atoms with van der Waals surface area (Å²) in [6.07, 6.45) is 3.45. The Morgan fingerprint density at radius 1 is 1.38 bits per heavy atom. The minimum absolute atomic E-state index is 0.0846. The van der Waals surface area contributed by atoms with Crippen molar-refractivity contribution in [2.24, 2.45) is 0 Å². The molecule has 0 N–H and O–H groups in total. The summed E-state index contributed by atoms with van der Waals surface area (Å²) in [5, 5.41) is -0.386. The first-order chi connectivity index (χ1) is 6.04. The van der Waals surface area contributed by atoms with Crippen LogP contribution in [0.15, 0.2) is 0 Å². The van der Waals surface area contributed by atoms with Crippen molar-refractivity contribution in [3.8, 4) is 0 Å². The number of hydrogen-bond acceptors (Lipinski definition) is 1. The first-order valence-electron chi connectivity index (χ1n) is 5.00. The first kappa shape index (κ1) is 10.8. The quantitative estimate of drug-likeness (QED) is 0.600. The fourth-order valence-electron chi connectivity index (χ4n) is 2.06. The van der Waals surface area contributed by atoms with Crippen molar-refractivity contribution in [3.05, 3.63) is 0 Å². The Labute approximate surface area is 85.2 Å². The molecule has 0 aromatic heterocycles. The highest BCUT2D eigenvalue weighted by Crippen LogP contribution is 2.23. The van der Waals surface area contributed by atoms with Gasteiger partial charge in [0.2, 0.25) is 5.91 Å². The van der Waals surface area contributed by atoms with Gasteiger partial charge in [-0.25, -0.2) is 0 Å². The molecule has 76 valence electrons. The lowest BCUT2D eigenvalue weighted by Crippen LogP contribution is -2.49. The van der Waals surface area contributed by atoms with E-state index in [1.54, 1.807) is 6.92 Å². The monoisotopic (exact) mass is 203 g/mol. The maximum atomic E-state index is 11.7. The number of piperidine rings is 1. The molecule has 2 nitrogen and oxygen atoms in total. The molecule has 1 rings (SSSR count). The lowest BCUT2D eigenvalue weighted by Gasteiger charge is -2.39. The Kier molecular flexibility index (Phi) is 3.60. The van der Waals surface area contributed by atoms with Crippen LogP contribution in [0.3, 0.4) is 0 Å². The standard InChI is InChI=1S/C10H18ClNO/c1-7-5-4-6-8(2)12(7)10(13)9(3)11/h7-9H,4-6H2,1-3H3. The number of hydrogen-bond donors (Lipinski definition) is 0. The molecular weight excluding hydrogens is 186 g/mol. The van der Waals surface area contributed by atoms with E-state index in [1.807, 2.05) is 4.90 Å². The largest absolute Gasteiger partial charge is 0.336 e. The second-order valence-corrected chi connectivity index (χ2v) is 4.65. The number of nitrogens with zero attached hydrogens (tertiary/aromatic N) is 1. The number of rotatable bonds is 1. The molecule has 1 aliphatic heterocycles. The molecule has 0 aromatic carbocycles. The lowest BCUT2D eigenvalue weighted by molar-refractivity contribution is -0.136. The molecule has 1 saturated heterocycles. The van der Waals surface area contributed by atoms with E-state index in [2.05, 4.69) is 13.8 Å². The topological polar surface area (TPSA) is 20.3 Å². The average Bonchev–Trinajstić information content (AvgIpc) is 2.03. The van der Waals surface area contributed by atoms with Gasteiger partial charge in [-0.15, -0.1) is 11.6 Å². The maximum absolute atomic E-state index is 11.7. The van der Waals surface area contributed by atoms with Crippen molar-refractivity contribution in [3.63, 3.8) is 0 Å². The van der Waals surface area contributed by atoms with E-state index >= 15 is 0 Å². The Hall–Kier alpha value is -0.240. The van der Waals surface area contributed by atoms with Crippen molar-refractivity contribution < 1.29 is 4.79 Å². The third kappa shape index (κ3) is 2.37. The molecule has 0 aliphatic carbocycles. The average molecular weight is 204 g/mol. The molecule has 3 heteroatoms. The Morgan fingerprint density at radius 2 is 1.85 bits per heavy atom. The summed E-state index contributed by atoms with van der Waals surface area (Å²) in [4.78, 5) is 13.7. The number of amides is 1. The molecule has 0 bridgehead atoms. The van der Waals surface area contributed by atoms with Crippen LogP contribution in [-0.2, 0) is 4.79 Å². The van der Waals surface area contributed by atoms with Crippen LogP contribution >= 0.6 is 11.6 Å². The summed E-state index contributed by atoms with van der Waals surface area (Å²) < 4.78 is 0. The predicted octanol–water partition coefficient (Wildman–Crippen LogP) is 2.40. The molecule has 1 aliphatic rings. The zero-order valence-corrected chi connectivity index (χ0v) is 9.34. The van der Waals surface area contributed by atoms with Gasteiger partial charge in [0.15, 0.2) is 0 Å². The second-order valence-electron chi connectivity index (χ2n) is 3.99. The molecule has 1 amide bonds. The lowest BCUT2D eigenvalue weighted by atomic mass is 9.97. The van der Waals surface area contributed by atoms with Gasteiger partial charge in [0.1, 0.15) is 5.38 Å². The Balaban J connectivity index is 2.68. The Bertz CT molecular complexity index is 183. The van der Waals surface area contributed by atoms with Crippen LogP contribution in [0.1, 0.15) is 40.0 Å². The molecule has 0 aromatic rings. The minimum Gasteiger partial charge on any atom is -0.336 e. The molecule has 0 saturated carbocycles. The predicted molar refractivity (Wildman–Crippen MR) is 54.9 cm³/mol. The smallest absolute Gasteiger partial charge is 0.240 e. The molecule has 0 radical (unpaired) electrons. The molecular formula is C10H18ClNO. The second kappa shape index (κ2) is 4.32. The van der Waals surface area contributed by atoms with E-state index < -0.39 is 0 Å². The van der Waals surface area contributed by atoms with Crippen LogP contribution in [0.5, 0.6) is 0 Å². The fraction of sp³-hybridized carbons (Fsp3) is 0.900. The summed E-state index contributed by atoms with van der Waals surface area (Å²) >= 11 is 5.80. The van der Waals surface area contributed by atoms with Gasteiger partial charge in [0.05, 0.1) is 0 Å². The van der Waals surface area contributed by atoms with Gasteiger partial charge in [0, 0.05) is 12.1 Å². The molecule has 3 atom stereocenters. The molecule has 1 fully saturated rings. The van der Waals surface area contributed by atoms with Gasteiger partial charge in [-0.3, -0.25) is 4.79 Å². The minimum atomic E-state index is -0.386. The van der Waals surface area contributed by atoms with E-state index in [0.29, 0.717) is 12.1 Å². The van der Waals surface area contributed by atoms with E-state index in [1.165, 1.54) is 6.42 Å². The number of likely N-dealkylation sites (tertiary alicyclic amines) is 1. The zero-order valence-electron chi connectivity index (χ0n) is 8.59. The van der Waals surface area contributed by atoms with Crippen LogP contribution < -0.4 is 0 Å². The normalized spacial score (nSPS) is 31.5. The summed E-state index contributed by atoms with van der Waals surface area (Å²) in [5.41, 5.74) is 0. The summed E-state index contributed by atoms with van der Waals surface area (Å²) in [6.45, 7) is 5.96. The van der Waals surface area contributed by atoms with Gasteiger partial charge < -0.3 is 4.90 Å². The molecule has 1 heterocycles. The van der Waals surface area contributed by atoms with Crippen LogP contribution in [0.25, 0.3) is 0 Å². The van der Waals surface area contributed by atoms with E-state index in [4.69, 9.17) is 11.6 Å². The van der Waals surface area contributed by atoms with Crippen molar-refractivity contribution in [1.29, 1.82) is 0 Å². The SMILES string of the molecule is CC(Cl)C(=O)N1C(C)CCCC1C. The van der Waals surface area contributed by atoms with Gasteiger partial charge in [-0.2, -0.15) is 0 Å². The van der Waals surface area contributed by atoms with E-state index in [0.717, 1.165) is 12.8 Å². The number of halogens is 1. The van der Waals surface area contributed by atoms with Crippen molar-refractivity contribution in [2.45, 2.75) is 57.5 Å².